The smallest absolute Gasteiger partial charge is 0.409 e. The summed E-state index contributed by atoms with van der Waals surface area (Å²) in [5.74, 6) is 1.96. The van der Waals surface area contributed by atoms with E-state index in [1.807, 2.05) is 6.92 Å². The molecule has 2 aliphatic rings. The van der Waals surface area contributed by atoms with Crippen molar-refractivity contribution in [1.29, 1.82) is 0 Å². The van der Waals surface area contributed by atoms with Gasteiger partial charge in [0.25, 0.3) is 0 Å². The van der Waals surface area contributed by atoms with Crippen LogP contribution < -0.4 is 9.64 Å². The Hall–Kier alpha value is -3.16. The van der Waals surface area contributed by atoms with Crippen molar-refractivity contribution < 1.29 is 14.3 Å². The van der Waals surface area contributed by atoms with Gasteiger partial charge in [0.2, 0.25) is 5.88 Å². The highest BCUT2D eigenvalue weighted by atomic mass is 16.6. The predicted octanol–water partition coefficient (Wildman–Crippen LogP) is 3.90. The maximum atomic E-state index is 12.2. The van der Waals surface area contributed by atoms with Crippen LogP contribution >= 0.6 is 0 Å². The molecule has 1 saturated heterocycles. The SMILES string of the molecule is C=C/C=C(\C=NC)Oc1ncnc2c1CCC=CN2C1CCN(C(=O)OCCC)CC1. The number of amides is 1. The molecule has 3 rings (SSSR count). The molecular weight excluding hydrogens is 394 g/mol. The second-order valence-corrected chi connectivity index (χ2v) is 7.44. The van der Waals surface area contributed by atoms with Crippen LogP contribution in [0.5, 0.6) is 5.88 Å². The molecule has 8 heteroatoms. The summed E-state index contributed by atoms with van der Waals surface area (Å²) >= 11 is 0. The van der Waals surface area contributed by atoms with Crippen LogP contribution in [-0.2, 0) is 11.2 Å². The summed E-state index contributed by atoms with van der Waals surface area (Å²) in [5, 5.41) is 0. The van der Waals surface area contributed by atoms with E-state index in [1.54, 1.807) is 30.3 Å². The number of piperidine rings is 1. The quantitative estimate of drug-likeness (QED) is 0.374. The Kier molecular flexibility index (Phi) is 8.20. The van der Waals surface area contributed by atoms with Gasteiger partial charge in [-0.3, -0.25) is 4.99 Å². The molecular formula is C23H31N5O3. The highest BCUT2D eigenvalue weighted by Gasteiger charge is 2.30. The van der Waals surface area contributed by atoms with Crippen LogP contribution in [0, 0.1) is 0 Å². The average Bonchev–Trinajstić information content (AvgIpc) is 3.01. The van der Waals surface area contributed by atoms with E-state index in [0.717, 1.165) is 43.5 Å². The molecule has 1 amide bonds. The number of rotatable bonds is 7. The first kappa shape index (κ1) is 22.5. The van der Waals surface area contributed by atoms with Gasteiger partial charge in [0.05, 0.1) is 18.4 Å². The van der Waals surface area contributed by atoms with Crippen LogP contribution in [0.1, 0.15) is 38.2 Å². The molecule has 0 N–H and O–H groups in total. The number of anilines is 1. The molecule has 1 aromatic heterocycles. The Labute approximate surface area is 184 Å². The number of carbonyl (C=O) groups excluding carboxylic acids is 1. The van der Waals surface area contributed by atoms with Gasteiger partial charge in [0, 0.05) is 32.4 Å². The second kappa shape index (κ2) is 11.3. The molecule has 2 aliphatic heterocycles. The Morgan fingerprint density at radius 2 is 2.16 bits per heavy atom. The molecule has 3 heterocycles. The molecule has 31 heavy (non-hydrogen) atoms. The van der Waals surface area contributed by atoms with Crippen LogP contribution in [0.3, 0.4) is 0 Å². The van der Waals surface area contributed by atoms with Crippen molar-refractivity contribution in [2.75, 3.05) is 31.6 Å². The number of allylic oxidation sites excluding steroid dienone is 4. The maximum absolute atomic E-state index is 12.2. The van der Waals surface area contributed by atoms with Gasteiger partial charge in [0.1, 0.15) is 17.9 Å². The minimum absolute atomic E-state index is 0.218. The summed E-state index contributed by atoms with van der Waals surface area (Å²) in [6, 6.07) is 0.242. The summed E-state index contributed by atoms with van der Waals surface area (Å²) in [6.07, 6.45) is 14.8. The van der Waals surface area contributed by atoms with Gasteiger partial charge >= 0.3 is 6.09 Å². The normalized spacial score (nSPS) is 17.4. The third-order valence-electron chi connectivity index (χ3n) is 5.25. The predicted molar refractivity (Wildman–Crippen MR) is 122 cm³/mol. The lowest BCUT2D eigenvalue weighted by Gasteiger charge is -2.37. The number of fused-ring (bicyclic) bond motifs is 1. The number of hydrogen-bond donors (Lipinski definition) is 0. The van der Waals surface area contributed by atoms with Crippen LogP contribution in [0.15, 0.2) is 48.1 Å². The van der Waals surface area contributed by atoms with E-state index in [-0.39, 0.29) is 12.1 Å². The van der Waals surface area contributed by atoms with E-state index in [4.69, 9.17) is 9.47 Å². The fraction of sp³-hybridized carbons (Fsp3) is 0.478. The Morgan fingerprint density at radius 3 is 2.87 bits per heavy atom. The molecule has 0 atom stereocenters. The zero-order valence-electron chi connectivity index (χ0n) is 18.4. The minimum atomic E-state index is -0.218. The van der Waals surface area contributed by atoms with Crippen LogP contribution in [0.4, 0.5) is 10.6 Å². The Balaban J connectivity index is 1.77. The van der Waals surface area contributed by atoms with Gasteiger partial charge in [-0.15, -0.1) is 0 Å². The molecule has 0 radical (unpaired) electrons. The summed E-state index contributed by atoms with van der Waals surface area (Å²) in [5.41, 5.74) is 0.969. The van der Waals surface area contributed by atoms with Crippen molar-refractivity contribution in [2.45, 2.75) is 45.1 Å². The zero-order chi connectivity index (χ0) is 22.1. The van der Waals surface area contributed by atoms with Crippen molar-refractivity contribution in [3.05, 3.63) is 48.7 Å². The molecule has 0 aliphatic carbocycles. The number of likely N-dealkylation sites (tertiary alicyclic amines) is 1. The number of nitrogens with zero attached hydrogens (tertiary/aromatic N) is 5. The number of carbonyl (C=O) groups is 1. The zero-order valence-corrected chi connectivity index (χ0v) is 18.4. The monoisotopic (exact) mass is 425 g/mol. The highest BCUT2D eigenvalue weighted by Crippen LogP contribution is 2.33. The van der Waals surface area contributed by atoms with Crippen molar-refractivity contribution in [2.24, 2.45) is 4.99 Å². The van der Waals surface area contributed by atoms with Gasteiger partial charge in [-0.1, -0.05) is 25.7 Å². The maximum Gasteiger partial charge on any atom is 0.409 e. The summed E-state index contributed by atoms with van der Waals surface area (Å²) < 4.78 is 11.3. The van der Waals surface area contributed by atoms with E-state index < -0.39 is 0 Å². The van der Waals surface area contributed by atoms with Crippen LogP contribution in [0.2, 0.25) is 0 Å². The second-order valence-electron chi connectivity index (χ2n) is 7.44. The highest BCUT2D eigenvalue weighted by molar-refractivity contribution is 5.77. The van der Waals surface area contributed by atoms with Crippen LogP contribution in [0.25, 0.3) is 0 Å². The lowest BCUT2D eigenvalue weighted by Crippen LogP contribution is -2.45. The molecule has 1 aromatic rings. The molecule has 166 valence electrons. The van der Waals surface area contributed by atoms with E-state index >= 15 is 0 Å². The lowest BCUT2D eigenvalue weighted by atomic mass is 10.0. The number of aromatic nitrogens is 2. The van der Waals surface area contributed by atoms with Gasteiger partial charge < -0.3 is 19.3 Å². The number of ether oxygens (including phenoxy) is 2. The third-order valence-corrected chi connectivity index (χ3v) is 5.25. The van der Waals surface area contributed by atoms with Crippen LogP contribution in [-0.4, -0.2) is 60.0 Å². The van der Waals surface area contributed by atoms with E-state index in [1.165, 1.54) is 6.33 Å². The van der Waals surface area contributed by atoms with Crippen molar-refractivity contribution in [1.82, 2.24) is 14.9 Å². The standard InChI is InChI=1S/C23H31N5O3/c1-4-8-19(16-24-3)31-22-20-9-6-7-12-28(21(20)25-17-26-22)18-10-13-27(14-11-18)23(29)30-15-5-2/h4,7-8,12,16-18H,1,5-6,9-11,13-15H2,2-3H3/b19-8+,24-16?. The van der Waals surface area contributed by atoms with Crippen molar-refractivity contribution >= 4 is 18.1 Å². The van der Waals surface area contributed by atoms with E-state index in [9.17, 15) is 4.79 Å². The van der Waals surface area contributed by atoms with Crippen molar-refractivity contribution in [3.63, 3.8) is 0 Å². The van der Waals surface area contributed by atoms with Crippen molar-refractivity contribution in [3.8, 4) is 5.88 Å². The third kappa shape index (κ3) is 5.71. The fourth-order valence-corrected chi connectivity index (χ4v) is 3.76. The Morgan fingerprint density at radius 1 is 1.35 bits per heavy atom. The summed E-state index contributed by atoms with van der Waals surface area (Å²) in [7, 11) is 1.69. The van der Waals surface area contributed by atoms with E-state index in [2.05, 4.69) is 38.7 Å². The molecule has 0 saturated carbocycles. The molecule has 8 nitrogen and oxygen atoms in total. The number of hydrogen-bond acceptors (Lipinski definition) is 7. The van der Waals surface area contributed by atoms with Gasteiger partial charge in [-0.25, -0.2) is 14.8 Å². The molecule has 0 unspecified atom stereocenters. The van der Waals surface area contributed by atoms with Gasteiger partial charge in [0.15, 0.2) is 0 Å². The largest absolute Gasteiger partial charge is 0.449 e. The summed E-state index contributed by atoms with van der Waals surface area (Å²) in [6.45, 7) is 7.52. The van der Waals surface area contributed by atoms with E-state index in [0.29, 0.717) is 31.3 Å². The lowest BCUT2D eigenvalue weighted by molar-refractivity contribution is 0.0929. The first-order chi connectivity index (χ1) is 15.2. The molecule has 0 aromatic carbocycles. The molecule has 0 bridgehead atoms. The molecule has 1 fully saturated rings. The first-order valence-corrected chi connectivity index (χ1v) is 10.8. The minimum Gasteiger partial charge on any atom is -0.449 e. The molecule has 0 spiro atoms. The van der Waals surface area contributed by atoms with Gasteiger partial charge in [-0.05, 0) is 38.2 Å². The first-order valence-electron chi connectivity index (χ1n) is 10.8. The fourth-order valence-electron chi connectivity index (χ4n) is 3.76. The summed E-state index contributed by atoms with van der Waals surface area (Å²) in [4.78, 5) is 29.2. The number of aliphatic imine (C=N–C) groups is 1. The Bertz CT molecular complexity index is 857. The average molecular weight is 426 g/mol. The topological polar surface area (TPSA) is 80.2 Å². The van der Waals surface area contributed by atoms with Gasteiger partial charge in [-0.2, -0.15) is 0 Å².